The van der Waals surface area contributed by atoms with Gasteiger partial charge in [0.2, 0.25) is 0 Å². The molecule has 0 aliphatic carbocycles. The zero-order valence-electron chi connectivity index (χ0n) is 15.0. The monoisotopic (exact) mass is 376 g/mol. The van der Waals surface area contributed by atoms with E-state index in [9.17, 15) is 4.79 Å². The smallest absolute Gasteiger partial charge is 0.251 e. The molecule has 0 unspecified atom stereocenters. The summed E-state index contributed by atoms with van der Waals surface area (Å²) in [6.45, 7) is 4.80. The molecule has 3 heterocycles. The van der Waals surface area contributed by atoms with Gasteiger partial charge in [-0.1, -0.05) is 41.2 Å². The molecule has 2 aromatic carbocycles. The summed E-state index contributed by atoms with van der Waals surface area (Å²) in [6, 6.07) is 14.3. The highest BCUT2D eigenvalue weighted by Crippen LogP contribution is 2.30. The van der Waals surface area contributed by atoms with Crippen LogP contribution in [0.15, 0.2) is 48.7 Å². The van der Waals surface area contributed by atoms with E-state index in [1.165, 1.54) is 5.56 Å². The van der Waals surface area contributed by atoms with Crippen LogP contribution in [0.1, 0.15) is 15.9 Å². The molecule has 6 heteroatoms. The average Bonchev–Trinajstić information content (AvgIpc) is 3.18. The molecule has 27 heavy (non-hydrogen) atoms. The highest BCUT2D eigenvalue weighted by molar-refractivity contribution is 7.23. The van der Waals surface area contributed by atoms with E-state index in [1.807, 2.05) is 18.2 Å². The first-order valence-electron chi connectivity index (χ1n) is 9.15. The van der Waals surface area contributed by atoms with Crippen LogP contribution in [-0.2, 0) is 0 Å². The fourth-order valence-electron chi connectivity index (χ4n) is 3.34. The first-order valence-corrected chi connectivity index (χ1v) is 9.96. The van der Waals surface area contributed by atoms with Crippen LogP contribution in [-0.4, -0.2) is 34.9 Å². The third kappa shape index (κ3) is 3.01. The number of imidazole rings is 1. The summed E-state index contributed by atoms with van der Waals surface area (Å²) in [5.41, 5.74) is 5.12. The number of aryl methyl sites for hydroxylation is 1. The Hall–Kier alpha value is -2.70. The van der Waals surface area contributed by atoms with Gasteiger partial charge in [0.1, 0.15) is 0 Å². The van der Waals surface area contributed by atoms with Crippen LogP contribution < -0.4 is 10.6 Å². The summed E-state index contributed by atoms with van der Waals surface area (Å²) in [4.78, 5) is 18.1. The van der Waals surface area contributed by atoms with Crippen molar-refractivity contribution in [3.05, 3.63) is 59.8 Å². The van der Waals surface area contributed by atoms with Crippen molar-refractivity contribution in [2.45, 2.75) is 6.92 Å². The number of carbonyl (C=O) groups excluding carboxylic acids is 1. The number of aromatic nitrogens is 2. The van der Waals surface area contributed by atoms with Gasteiger partial charge in [-0.3, -0.25) is 9.20 Å². The second-order valence-corrected chi connectivity index (χ2v) is 8.17. The molecule has 2 N–H and O–H groups in total. The topological polar surface area (TPSA) is 58.4 Å². The Morgan fingerprint density at radius 3 is 2.81 bits per heavy atom. The van der Waals surface area contributed by atoms with E-state index >= 15 is 0 Å². The van der Waals surface area contributed by atoms with Crippen molar-refractivity contribution in [1.29, 1.82) is 0 Å². The van der Waals surface area contributed by atoms with Gasteiger partial charge in [-0.25, -0.2) is 4.98 Å². The summed E-state index contributed by atoms with van der Waals surface area (Å²) in [7, 11) is 0. The van der Waals surface area contributed by atoms with Gasteiger partial charge in [-0.15, -0.1) is 0 Å². The average molecular weight is 376 g/mol. The van der Waals surface area contributed by atoms with Crippen molar-refractivity contribution in [2.24, 2.45) is 5.92 Å². The summed E-state index contributed by atoms with van der Waals surface area (Å²) < 4.78 is 3.18. The summed E-state index contributed by atoms with van der Waals surface area (Å²) in [5.74, 6) is 0.554. The van der Waals surface area contributed by atoms with Crippen LogP contribution in [0.4, 0.5) is 0 Å². The van der Waals surface area contributed by atoms with Gasteiger partial charge >= 0.3 is 0 Å². The van der Waals surface area contributed by atoms with Crippen molar-refractivity contribution in [2.75, 3.05) is 19.6 Å². The second-order valence-electron chi connectivity index (χ2n) is 7.16. The van der Waals surface area contributed by atoms with Crippen LogP contribution in [0.5, 0.6) is 0 Å². The molecule has 4 aromatic rings. The third-order valence-corrected chi connectivity index (χ3v) is 6.14. The Morgan fingerprint density at radius 2 is 2.07 bits per heavy atom. The number of nitrogens with one attached hydrogen (secondary N) is 2. The minimum Gasteiger partial charge on any atom is -0.352 e. The maximum absolute atomic E-state index is 12.4. The zero-order valence-corrected chi connectivity index (χ0v) is 15.8. The fraction of sp³-hybridized carbons (Fsp3) is 0.238. The van der Waals surface area contributed by atoms with Gasteiger partial charge in [0, 0.05) is 42.9 Å². The number of thiazole rings is 1. The molecule has 1 amide bonds. The quantitative estimate of drug-likeness (QED) is 0.573. The Bertz CT molecular complexity index is 1140. The maximum atomic E-state index is 12.4. The molecular weight excluding hydrogens is 356 g/mol. The molecule has 5 nitrogen and oxygen atoms in total. The first-order chi connectivity index (χ1) is 13.2. The lowest BCUT2D eigenvalue weighted by atomic mass is 10.0. The Labute approximate surface area is 161 Å². The molecule has 2 aromatic heterocycles. The van der Waals surface area contributed by atoms with E-state index < -0.39 is 0 Å². The van der Waals surface area contributed by atoms with E-state index in [4.69, 9.17) is 4.98 Å². The standard InChI is InChI=1S/C21H20N4OS/c1-13-2-4-15(5-3-13)17-12-25-18-7-6-16(8-19(18)27-21(25)24-17)20(26)23-11-14-9-22-10-14/h2-8,12,14,22H,9-11H2,1H3,(H,23,26). The minimum atomic E-state index is -0.00446. The van der Waals surface area contributed by atoms with E-state index in [1.54, 1.807) is 11.3 Å². The zero-order chi connectivity index (χ0) is 18.4. The van der Waals surface area contributed by atoms with Gasteiger partial charge in [0.15, 0.2) is 4.96 Å². The number of hydrogen-bond acceptors (Lipinski definition) is 4. The first kappa shape index (κ1) is 16.5. The van der Waals surface area contributed by atoms with E-state index in [2.05, 4.69) is 52.4 Å². The molecule has 0 radical (unpaired) electrons. The molecule has 1 aliphatic rings. The lowest BCUT2D eigenvalue weighted by Gasteiger charge is -2.27. The van der Waals surface area contributed by atoms with Gasteiger partial charge in [0.25, 0.3) is 5.91 Å². The van der Waals surface area contributed by atoms with E-state index in [-0.39, 0.29) is 5.91 Å². The number of rotatable bonds is 4. The van der Waals surface area contributed by atoms with Gasteiger partial charge in [-0.2, -0.15) is 0 Å². The van der Waals surface area contributed by atoms with Crippen molar-refractivity contribution >= 4 is 32.4 Å². The number of fused-ring (bicyclic) bond motifs is 3. The lowest BCUT2D eigenvalue weighted by Crippen LogP contribution is -2.48. The highest BCUT2D eigenvalue weighted by atomic mass is 32.1. The molecule has 0 bridgehead atoms. The molecule has 0 saturated carbocycles. The molecule has 1 fully saturated rings. The van der Waals surface area contributed by atoms with Crippen LogP contribution in [0.2, 0.25) is 0 Å². The largest absolute Gasteiger partial charge is 0.352 e. The molecule has 1 aliphatic heterocycles. The number of benzene rings is 2. The molecule has 0 spiro atoms. The number of carbonyl (C=O) groups is 1. The third-order valence-electron chi connectivity index (χ3n) is 5.12. The van der Waals surface area contributed by atoms with Gasteiger partial charge < -0.3 is 10.6 Å². The summed E-state index contributed by atoms with van der Waals surface area (Å²) >= 11 is 1.61. The Morgan fingerprint density at radius 1 is 1.26 bits per heavy atom. The van der Waals surface area contributed by atoms with E-state index in [0.29, 0.717) is 11.5 Å². The van der Waals surface area contributed by atoms with E-state index in [0.717, 1.165) is 46.1 Å². The predicted molar refractivity (Wildman–Crippen MR) is 109 cm³/mol. The van der Waals surface area contributed by atoms with Crippen LogP contribution in [0, 0.1) is 12.8 Å². The van der Waals surface area contributed by atoms with Crippen LogP contribution in [0.3, 0.4) is 0 Å². The van der Waals surface area contributed by atoms with Crippen molar-refractivity contribution in [3.63, 3.8) is 0 Å². The van der Waals surface area contributed by atoms with Crippen LogP contribution >= 0.6 is 11.3 Å². The van der Waals surface area contributed by atoms with Crippen molar-refractivity contribution < 1.29 is 4.79 Å². The van der Waals surface area contributed by atoms with Gasteiger partial charge in [0.05, 0.1) is 15.9 Å². The number of hydrogen-bond donors (Lipinski definition) is 2. The van der Waals surface area contributed by atoms with Crippen LogP contribution in [0.25, 0.3) is 26.4 Å². The number of amides is 1. The molecule has 0 atom stereocenters. The number of nitrogens with zero attached hydrogens (tertiary/aromatic N) is 2. The minimum absolute atomic E-state index is 0.00446. The SMILES string of the molecule is Cc1ccc(-c2cn3c(n2)sc2cc(C(=O)NCC4CNC4)ccc23)cc1. The normalized spacial score (nSPS) is 14.6. The second kappa shape index (κ2) is 6.48. The Kier molecular flexibility index (Phi) is 3.95. The molecule has 136 valence electrons. The van der Waals surface area contributed by atoms with Crippen molar-refractivity contribution in [3.8, 4) is 11.3 Å². The maximum Gasteiger partial charge on any atom is 0.251 e. The Balaban J connectivity index is 1.44. The van der Waals surface area contributed by atoms with Crippen molar-refractivity contribution in [1.82, 2.24) is 20.0 Å². The molecule has 1 saturated heterocycles. The lowest BCUT2D eigenvalue weighted by molar-refractivity contribution is 0.0942. The molecule has 5 rings (SSSR count). The molecular formula is C21H20N4OS. The summed E-state index contributed by atoms with van der Waals surface area (Å²) in [6.07, 6.45) is 2.07. The summed E-state index contributed by atoms with van der Waals surface area (Å²) in [5, 5.41) is 6.25. The fourth-order valence-corrected chi connectivity index (χ4v) is 4.38. The highest BCUT2D eigenvalue weighted by Gasteiger charge is 2.18. The van der Waals surface area contributed by atoms with Gasteiger partial charge in [-0.05, 0) is 25.1 Å². The predicted octanol–water partition coefficient (Wildman–Crippen LogP) is 3.47.